The van der Waals surface area contributed by atoms with Crippen LogP contribution in [-0.2, 0) is 13.0 Å². The summed E-state index contributed by atoms with van der Waals surface area (Å²) >= 11 is 3.81. The molecule has 0 aliphatic carbocycles. The molecule has 3 nitrogen and oxygen atoms in total. The molecule has 2 aromatic rings. The van der Waals surface area contributed by atoms with Crippen LogP contribution in [0.25, 0.3) is 0 Å². The molecular weight excluding hydrogens is 347 g/mol. The Labute approximate surface area is 118 Å². The quantitative estimate of drug-likeness (QED) is 0.789. The molecule has 5 heteroatoms. The van der Waals surface area contributed by atoms with Crippen LogP contribution in [0.2, 0.25) is 0 Å². The van der Waals surface area contributed by atoms with E-state index in [0.29, 0.717) is 10.1 Å². The molecule has 0 bridgehead atoms. The summed E-state index contributed by atoms with van der Waals surface area (Å²) in [5.74, 6) is 0. The van der Waals surface area contributed by atoms with Gasteiger partial charge in [-0.2, -0.15) is 0 Å². The Bertz CT molecular complexity index is 588. The predicted octanol–water partition coefficient (Wildman–Crippen LogP) is 2.83. The van der Waals surface area contributed by atoms with E-state index in [1.807, 2.05) is 6.92 Å². The van der Waals surface area contributed by atoms with Crippen molar-refractivity contribution in [3.05, 3.63) is 47.8 Å². The van der Waals surface area contributed by atoms with Crippen LogP contribution in [0.3, 0.4) is 0 Å². The molecular formula is C12H13IN2OS. The van der Waals surface area contributed by atoms with Crippen molar-refractivity contribution in [2.75, 3.05) is 0 Å². The molecule has 0 spiro atoms. The van der Waals surface area contributed by atoms with Gasteiger partial charge in [-0.15, -0.1) is 11.3 Å². The molecule has 0 aromatic carbocycles. The third kappa shape index (κ3) is 2.77. The number of aryl methyl sites for hydroxylation is 2. The Morgan fingerprint density at radius 1 is 1.41 bits per heavy atom. The minimum absolute atomic E-state index is 0.0459. The highest BCUT2D eigenvalue weighted by Gasteiger charge is 2.06. The van der Waals surface area contributed by atoms with E-state index in [1.165, 1.54) is 9.75 Å². The molecule has 0 amide bonds. The van der Waals surface area contributed by atoms with Crippen LogP contribution >= 0.6 is 33.9 Å². The van der Waals surface area contributed by atoms with Gasteiger partial charge in [0, 0.05) is 9.75 Å². The lowest BCUT2D eigenvalue weighted by Gasteiger charge is -2.05. The summed E-state index contributed by atoms with van der Waals surface area (Å²) in [5, 5.41) is 0. The zero-order chi connectivity index (χ0) is 12.4. The molecule has 17 heavy (non-hydrogen) atoms. The number of nitrogens with zero attached hydrogens (tertiary/aromatic N) is 2. The number of aromatic nitrogens is 2. The van der Waals surface area contributed by atoms with Crippen molar-refractivity contribution >= 4 is 33.9 Å². The van der Waals surface area contributed by atoms with Gasteiger partial charge in [-0.05, 0) is 48.1 Å². The summed E-state index contributed by atoms with van der Waals surface area (Å²) in [7, 11) is 0. The summed E-state index contributed by atoms with van der Waals surface area (Å²) < 4.78 is 2.37. The molecule has 2 rings (SSSR count). The first-order valence-electron chi connectivity index (χ1n) is 5.41. The average molecular weight is 360 g/mol. The Hall–Kier alpha value is -0.690. The number of rotatable bonds is 3. The zero-order valence-corrected chi connectivity index (χ0v) is 12.7. The van der Waals surface area contributed by atoms with E-state index in [9.17, 15) is 4.79 Å². The molecule has 0 fully saturated rings. The number of hydrogen-bond acceptors (Lipinski definition) is 3. The lowest BCUT2D eigenvalue weighted by atomic mass is 10.3. The minimum atomic E-state index is 0.0459. The molecule has 0 N–H and O–H groups in total. The smallest absolute Gasteiger partial charge is 0.267 e. The first-order valence-corrected chi connectivity index (χ1v) is 7.30. The van der Waals surface area contributed by atoms with Gasteiger partial charge < -0.3 is 0 Å². The van der Waals surface area contributed by atoms with Crippen molar-refractivity contribution in [2.45, 2.75) is 26.8 Å². The molecule has 0 saturated heterocycles. The van der Waals surface area contributed by atoms with E-state index in [2.05, 4.69) is 46.6 Å². The fourth-order valence-corrected chi connectivity index (χ4v) is 2.93. The first-order chi connectivity index (χ1) is 8.11. The summed E-state index contributed by atoms with van der Waals surface area (Å²) in [6.07, 6.45) is 2.68. The lowest BCUT2D eigenvalue weighted by Crippen LogP contribution is -2.24. The fraction of sp³-hybridized carbons (Fsp3) is 0.333. The molecule has 0 aliphatic rings. The molecule has 2 aromatic heterocycles. The highest BCUT2D eigenvalue weighted by atomic mass is 127. The lowest BCUT2D eigenvalue weighted by molar-refractivity contribution is 0.732. The molecule has 90 valence electrons. The van der Waals surface area contributed by atoms with E-state index in [-0.39, 0.29) is 5.56 Å². The fourth-order valence-electron chi connectivity index (χ4n) is 1.52. The summed E-state index contributed by atoms with van der Waals surface area (Å²) in [4.78, 5) is 18.8. The van der Waals surface area contributed by atoms with Gasteiger partial charge in [-0.3, -0.25) is 9.36 Å². The van der Waals surface area contributed by atoms with Crippen LogP contribution < -0.4 is 5.56 Å². The van der Waals surface area contributed by atoms with Gasteiger partial charge in [-0.25, -0.2) is 4.98 Å². The first kappa shape index (κ1) is 12.8. The Balaban J connectivity index is 2.30. The SMILES string of the molecule is CCc1ccc(Cn2cnc(C)c(I)c2=O)s1. The number of thiophene rings is 1. The Kier molecular flexibility index (Phi) is 3.98. The van der Waals surface area contributed by atoms with Gasteiger partial charge in [-0.1, -0.05) is 6.92 Å². The standard InChI is InChI=1S/C12H13IN2OS/c1-3-9-4-5-10(17-9)6-15-7-14-8(2)11(13)12(15)16/h4-5,7H,3,6H2,1-2H3. The topological polar surface area (TPSA) is 34.9 Å². The van der Waals surface area contributed by atoms with E-state index in [4.69, 9.17) is 0 Å². The van der Waals surface area contributed by atoms with Crippen LogP contribution in [0.5, 0.6) is 0 Å². The van der Waals surface area contributed by atoms with Gasteiger partial charge in [0.25, 0.3) is 5.56 Å². The zero-order valence-electron chi connectivity index (χ0n) is 9.74. The largest absolute Gasteiger partial charge is 0.293 e. The highest BCUT2D eigenvalue weighted by molar-refractivity contribution is 14.1. The third-order valence-corrected chi connectivity index (χ3v) is 5.01. The predicted molar refractivity (Wildman–Crippen MR) is 78.8 cm³/mol. The van der Waals surface area contributed by atoms with Crippen molar-refractivity contribution in [3.63, 3.8) is 0 Å². The van der Waals surface area contributed by atoms with Crippen molar-refractivity contribution in [2.24, 2.45) is 0 Å². The Morgan fingerprint density at radius 3 is 2.76 bits per heavy atom. The van der Waals surface area contributed by atoms with Crippen LogP contribution in [0.15, 0.2) is 23.3 Å². The van der Waals surface area contributed by atoms with Gasteiger partial charge in [0.15, 0.2) is 0 Å². The van der Waals surface area contributed by atoms with E-state index in [1.54, 1.807) is 22.2 Å². The number of halogens is 1. The van der Waals surface area contributed by atoms with Crippen molar-refractivity contribution in [1.29, 1.82) is 0 Å². The minimum Gasteiger partial charge on any atom is -0.293 e. The molecule has 0 radical (unpaired) electrons. The molecule has 2 heterocycles. The normalized spacial score (nSPS) is 10.8. The number of hydrogen-bond donors (Lipinski definition) is 0. The van der Waals surface area contributed by atoms with Gasteiger partial charge in [0.2, 0.25) is 0 Å². The molecule has 0 saturated carbocycles. The Morgan fingerprint density at radius 2 is 2.12 bits per heavy atom. The van der Waals surface area contributed by atoms with Gasteiger partial charge in [0.05, 0.1) is 22.1 Å². The van der Waals surface area contributed by atoms with Crippen LogP contribution in [-0.4, -0.2) is 9.55 Å². The summed E-state index contributed by atoms with van der Waals surface area (Å²) in [6, 6.07) is 4.21. The van der Waals surface area contributed by atoms with Crippen molar-refractivity contribution in [3.8, 4) is 0 Å². The second kappa shape index (κ2) is 5.30. The van der Waals surface area contributed by atoms with Crippen molar-refractivity contribution in [1.82, 2.24) is 9.55 Å². The average Bonchev–Trinajstić information content (AvgIpc) is 2.78. The second-order valence-corrected chi connectivity index (χ2v) is 6.13. The molecule has 0 aliphatic heterocycles. The van der Waals surface area contributed by atoms with E-state index in [0.717, 1.165) is 12.1 Å². The summed E-state index contributed by atoms with van der Waals surface area (Å²) in [5.41, 5.74) is 0.844. The molecule has 0 unspecified atom stereocenters. The second-order valence-electron chi connectivity index (χ2n) is 3.80. The maximum Gasteiger partial charge on any atom is 0.267 e. The van der Waals surface area contributed by atoms with Crippen LogP contribution in [0.1, 0.15) is 22.4 Å². The van der Waals surface area contributed by atoms with Gasteiger partial charge in [0.1, 0.15) is 0 Å². The monoisotopic (exact) mass is 360 g/mol. The van der Waals surface area contributed by atoms with Gasteiger partial charge >= 0.3 is 0 Å². The van der Waals surface area contributed by atoms with E-state index < -0.39 is 0 Å². The highest BCUT2D eigenvalue weighted by Crippen LogP contribution is 2.17. The van der Waals surface area contributed by atoms with E-state index >= 15 is 0 Å². The maximum absolute atomic E-state index is 12.0. The van der Waals surface area contributed by atoms with Crippen molar-refractivity contribution < 1.29 is 0 Å². The van der Waals surface area contributed by atoms with Crippen LogP contribution in [0, 0.1) is 10.5 Å². The third-order valence-electron chi connectivity index (χ3n) is 2.55. The summed E-state index contributed by atoms with van der Waals surface area (Å²) in [6.45, 7) is 4.61. The molecule has 0 atom stereocenters. The van der Waals surface area contributed by atoms with Crippen LogP contribution in [0.4, 0.5) is 0 Å². The maximum atomic E-state index is 12.0.